The fraction of sp³-hybridized carbons (Fsp3) is 0.667. The quantitative estimate of drug-likeness (QED) is 0.841. The molecule has 5 heteroatoms. The lowest BCUT2D eigenvalue weighted by molar-refractivity contribution is 0.0879. The highest BCUT2D eigenvalue weighted by Crippen LogP contribution is 2.29. The lowest BCUT2D eigenvalue weighted by Crippen LogP contribution is -2.51. The van der Waals surface area contributed by atoms with E-state index in [1.165, 1.54) is 6.42 Å². The summed E-state index contributed by atoms with van der Waals surface area (Å²) in [6.45, 7) is 0. The van der Waals surface area contributed by atoms with Gasteiger partial charge in [0, 0.05) is 19.1 Å². The van der Waals surface area contributed by atoms with Crippen LogP contribution in [0.3, 0.4) is 0 Å². The van der Waals surface area contributed by atoms with Crippen LogP contribution in [0.15, 0.2) is 12.3 Å². The van der Waals surface area contributed by atoms with E-state index in [0.29, 0.717) is 11.6 Å². The molecule has 94 valence electrons. The summed E-state index contributed by atoms with van der Waals surface area (Å²) in [5.41, 5.74) is 0.233. The van der Waals surface area contributed by atoms with Gasteiger partial charge in [0.1, 0.15) is 5.69 Å². The predicted molar refractivity (Wildman–Crippen MR) is 67.2 cm³/mol. The van der Waals surface area contributed by atoms with E-state index in [1.54, 1.807) is 24.0 Å². The van der Waals surface area contributed by atoms with E-state index < -0.39 is 0 Å². The van der Waals surface area contributed by atoms with Crippen molar-refractivity contribution in [2.24, 2.45) is 7.05 Å². The molecule has 2 rings (SSSR count). The molecule has 0 aliphatic heterocycles. The van der Waals surface area contributed by atoms with Gasteiger partial charge in [-0.05, 0) is 18.9 Å². The third-order valence-corrected chi connectivity index (χ3v) is 3.90. The molecule has 0 radical (unpaired) electrons. The minimum atomic E-state index is -0.228. The van der Waals surface area contributed by atoms with Crippen LogP contribution >= 0.6 is 11.6 Å². The van der Waals surface area contributed by atoms with Crippen LogP contribution in [-0.4, -0.2) is 27.1 Å². The van der Waals surface area contributed by atoms with Crippen molar-refractivity contribution in [1.29, 1.82) is 0 Å². The summed E-state index contributed by atoms with van der Waals surface area (Å²) in [4.78, 5) is 12.0. The van der Waals surface area contributed by atoms with E-state index in [0.717, 1.165) is 25.7 Å². The molecule has 0 spiro atoms. The molecule has 1 aromatic rings. The summed E-state index contributed by atoms with van der Waals surface area (Å²) in [6.07, 6.45) is 7.20. The number of rotatable bonds is 3. The molecule has 1 saturated carbocycles. The second-order valence-electron chi connectivity index (χ2n) is 4.80. The van der Waals surface area contributed by atoms with Gasteiger partial charge in [-0.15, -0.1) is 11.6 Å². The Labute approximate surface area is 106 Å². The van der Waals surface area contributed by atoms with Crippen molar-refractivity contribution in [3.63, 3.8) is 0 Å². The number of amides is 1. The summed E-state index contributed by atoms with van der Waals surface area (Å²) in [5.74, 6) is 0.360. The molecule has 1 aliphatic carbocycles. The van der Waals surface area contributed by atoms with Gasteiger partial charge in [-0.1, -0.05) is 19.3 Å². The van der Waals surface area contributed by atoms with Gasteiger partial charge in [0.2, 0.25) is 0 Å². The van der Waals surface area contributed by atoms with Crippen LogP contribution < -0.4 is 5.32 Å². The van der Waals surface area contributed by atoms with Crippen LogP contribution in [0.5, 0.6) is 0 Å². The fourth-order valence-electron chi connectivity index (χ4n) is 2.36. The Morgan fingerprint density at radius 2 is 2.24 bits per heavy atom. The zero-order valence-electron chi connectivity index (χ0n) is 10.1. The summed E-state index contributed by atoms with van der Waals surface area (Å²) in [5, 5.41) is 7.17. The van der Waals surface area contributed by atoms with Crippen LogP contribution in [-0.2, 0) is 7.05 Å². The van der Waals surface area contributed by atoms with Crippen LogP contribution in [0, 0.1) is 0 Å². The molecular weight excluding hydrogens is 238 g/mol. The Morgan fingerprint density at radius 3 is 2.76 bits per heavy atom. The van der Waals surface area contributed by atoms with Crippen LogP contribution in [0.4, 0.5) is 0 Å². The molecule has 0 bridgehead atoms. The predicted octanol–water partition coefficient (Wildman–Crippen LogP) is 2.09. The Morgan fingerprint density at radius 1 is 1.53 bits per heavy atom. The van der Waals surface area contributed by atoms with Gasteiger partial charge >= 0.3 is 0 Å². The van der Waals surface area contributed by atoms with Crippen molar-refractivity contribution in [2.75, 3.05) is 5.88 Å². The van der Waals surface area contributed by atoms with Gasteiger partial charge in [-0.2, -0.15) is 5.10 Å². The summed E-state index contributed by atoms with van der Waals surface area (Å²) < 4.78 is 1.63. The highest BCUT2D eigenvalue weighted by molar-refractivity contribution is 6.18. The Bertz CT molecular complexity index is 396. The first kappa shape index (κ1) is 12.4. The van der Waals surface area contributed by atoms with Gasteiger partial charge in [-0.3, -0.25) is 9.48 Å². The molecular formula is C12H18ClN3O. The highest BCUT2D eigenvalue weighted by Gasteiger charge is 2.33. The molecule has 1 aromatic heterocycles. The lowest BCUT2D eigenvalue weighted by Gasteiger charge is -2.36. The molecule has 0 aromatic carbocycles. The lowest BCUT2D eigenvalue weighted by atomic mass is 9.83. The first-order chi connectivity index (χ1) is 8.15. The Balaban J connectivity index is 2.05. The zero-order chi connectivity index (χ0) is 12.3. The second kappa shape index (κ2) is 5.08. The van der Waals surface area contributed by atoms with Gasteiger partial charge in [0.15, 0.2) is 0 Å². The van der Waals surface area contributed by atoms with E-state index in [2.05, 4.69) is 10.4 Å². The smallest absolute Gasteiger partial charge is 0.272 e. The fourth-order valence-corrected chi connectivity index (χ4v) is 2.70. The third-order valence-electron chi connectivity index (χ3n) is 3.39. The van der Waals surface area contributed by atoms with Crippen molar-refractivity contribution >= 4 is 17.5 Å². The van der Waals surface area contributed by atoms with E-state index in [-0.39, 0.29) is 11.4 Å². The Hall–Kier alpha value is -1.03. The minimum Gasteiger partial charge on any atom is -0.344 e. The molecule has 4 nitrogen and oxygen atoms in total. The van der Waals surface area contributed by atoms with Gasteiger partial charge in [-0.25, -0.2) is 0 Å². The maximum absolute atomic E-state index is 12.0. The normalized spacial score (nSPS) is 18.9. The third kappa shape index (κ3) is 2.80. The van der Waals surface area contributed by atoms with E-state index >= 15 is 0 Å². The SMILES string of the molecule is Cn1ccc(C(=O)NC2(CCl)CCCCC2)n1. The maximum atomic E-state index is 12.0. The number of carbonyl (C=O) groups excluding carboxylic acids is 1. The number of halogens is 1. The largest absolute Gasteiger partial charge is 0.344 e. The van der Waals surface area contributed by atoms with Gasteiger partial charge in [0.25, 0.3) is 5.91 Å². The molecule has 0 unspecified atom stereocenters. The molecule has 1 heterocycles. The van der Waals surface area contributed by atoms with Crippen molar-refractivity contribution in [1.82, 2.24) is 15.1 Å². The number of alkyl halides is 1. The van der Waals surface area contributed by atoms with Crippen LogP contribution in [0.25, 0.3) is 0 Å². The molecule has 0 atom stereocenters. The van der Waals surface area contributed by atoms with Crippen molar-refractivity contribution in [3.05, 3.63) is 18.0 Å². The summed E-state index contributed by atoms with van der Waals surface area (Å²) in [6, 6.07) is 1.72. The number of nitrogens with one attached hydrogen (secondary N) is 1. The maximum Gasteiger partial charge on any atom is 0.272 e. The number of hydrogen-bond donors (Lipinski definition) is 1. The van der Waals surface area contributed by atoms with Crippen molar-refractivity contribution in [3.8, 4) is 0 Å². The van der Waals surface area contributed by atoms with E-state index in [1.807, 2.05) is 0 Å². The summed E-state index contributed by atoms with van der Waals surface area (Å²) >= 11 is 6.03. The molecule has 0 saturated heterocycles. The number of aromatic nitrogens is 2. The van der Waals surface area contributed by atoms with Crippen molar-refractivity contribution in [2.45, 2.75) is 37.6 Å². The number of aryl methyl sites for hydroxylation is 1. The monoisotopic (exact) mass is 255 g/mol. The number of carbonyl (C=O) groups is 1. The van der Waals surface area contributed by atoms with Crippen LogP contribution in [0.1, 0.15) is 42.6 Å². The molecule has 1 N–H and O–H groups in total. The Kier molecular flexibility index (Phi) is 3.72. The number of nitrogens with zero attached hydrogens (tertiary/aromatic N) is 2. The molecule has 17 heavy (non-hydrogen) atoms. The first-order valence-electron chi connectivity index (χ1n) is 6.03. The average molecular weight is 256 g/mol. The zero-order valence-corrected chi connectivity index (χ0v) is 10.8. The minimum absolute atomic E-state index is 0.117. The summed E-state index contributed by atoms with van der Waals surface area (Å²) in [7, 11) is 1.80. The second-order valence-corrected chi connectivity index (χ2v) is 5.07. The standard InChI is InChI=1S/C12H18ClN3O/c1-16-8-5-10(15-16)11(17)14-12(9-13)6-3-2-4-7-12/h5,8H,2-4,6-7,9H2,1H3,(H,14,17). The highest BCUT2D eigenvalue weighted by atomic mass is 35.5. The number of hydrogen-bond acceptors (Lipinski definition) is 2. The molecule has 1 amide bonds. The molecule has 1 fully saturated rings. The van der Waals surface area contributed by atoms with Gasteiger partial charge < -0.3 is 5.32 Å². The first-order valence-corrected chi connectivity index (χ1v) is 6.57. The van der Waals surface area contributed by atoms with E-state index in [9.17, 15) is 4.79 Å². The topological polar surface area (TPSA) is 46.9 Å². The van der Waals surface area contributed by atoms with Crippen LogP contribution in [0.2, 0.25) is 0 Å². The average Bonchev–Trinajstić information content (AvgIpc) is 2.77. The van der Waals surface area contributed by atoms with Gasteiger partial charge in [0.05, 0.1) is 5.54 Å². The molecule has 1 aliphatic rings. The van der Waals surface area contributed by atoms with Crippen molar-refractivity contribution < 1.29 is 4.79 Å². The van der Waals surface area contributed by atoms with E-state index in [4.69, 9.17) is 11.6 Å².